The Morgan fingerprint density at radius 3 is 2.00 bits per heavy atom. The second-order valence-corrected chi connectivity index (χ2v) is 3.90. The van der Waals surface area contributed by atoms with Crippen LogP contribution in [0.25, 0.3) is 0 Å². The van der Waals surface area contributed by atoms with Crippen LogP contribution < -0.4 is 0 Å². The van der Waals surface area contributed by atoms with Crippen molar-refractivity contribution in [1.82, 2.24) is 9.80 Å². The van der Waals surface area contributed by atoms with Crippen molar-refractivity contribution in [2.45, 2.75) is 33.6 Å². The lowest BCUT2D eigenvalue weighted by molar-refractivity contribution is -0.138. The van der Waals surface area contributed by atoms with Crippen molar-refractivity contribution in [3.63, 3.8) is 0 Å². The minimum absolute atomic E-state index is 0.0178. The molecule has 0 radical (unpaired) electrons. The molecule has 0 aliphatic carbocycles. The molecule has 5 heteroatoms. The van der Waals surface area contributed by atoms with E-state index in [4.69, 9.17) is 5.11 Å². The lowest BCUT2D eigenvalue weighted by Gasteiger charge is -2.25. The molecule has 0 aliphatic heterocycles. The molecule has 0 aromatic carbocycles. The fourth-order valence-corrected chi connectivity index (χ4v) is 1.62. The molecule has 0 heterocycles. The van der Waals surface area contributed by atoms with Gasteiger partial charge >= 0.3 is 5.97 Å². The number of carboxylic acids is 1. The fourth-order valence-electron chi connectivity index (χ4n) is 1.62. The van der Waals surface area contributed by atoms with Crippen molar-refractivity contribution in [2.24, 2.45) is 0 Å². The van der Waals surface area contributed by atoms with Crippen molar-refractivity contribution >= 4 is 11.9 Å². The molecule has 0 saturated carbocycles. The maximum Gasteiger partial charge on any atom is 0.305 e. The summed E-state index contributed by atoms with van der Waals surface area (Å²) in [5, 5.41) is 8.64. The van der Waals surface area contributed by atoms with Gasteiger partial charge in [0, 0.05) is 26.1 Å². The summed E-state index contributed by atoms with van der Waals surface area (Å²) in [5.74, 6) is -0.833. The monoisotopic (exact) mass is 244 g/mol. The summed E-state index contributed by atoms with van der Waals surface area (Å²) >= 11 is 0. The number of likely N-dealkylation sites (N-methyl/N-ethyl adjacent to an activating group) is 1. The molecule has 0 unspecified atom stereocenters. The molecule has 1 amide bonds. The Bertz CT molecular complexity index is 240. The Labute approximate surface area is 103 Å². The average molecular weight is 244 g/mol. The van der Waals surface area contributed by atoms with E-state index >= 15 is 0 Å². The van der Waals surface area contributed by atoms with Gasteiger partial charge in [-0.05, 0) is 13.1 Å². The molecular formula is C12H24N2O3. The highest BCUT2D eigenvalue weighted by atomic mass is 16.4. The van der Waals surface area contributed by atoms with E-state index in [1.54, 1.807) is 11.8 Å². The first kappa shape index (κ1) is 15.9. The van der Waals surface area contributed by atoms with Crippen molar-refractivity contribution in [1.29, 1.82) is 0 Å². The second kappa shape index (κ2) is 8.98. The number of amides is 1. The Morgan fingerprint density at radius 2 is 1.59 bits per heavy atom. The quantitative estimate of drug-likeness (QED) is 0.658. The first-order chi connectivity index (χ1) is 8.04. The zero-order chi connectivity index (χ0) is 13.3. The predicted octanol–water partition coefficient (Wildman–Crippen LogP) is 1.04. The van der Waals surface area contributed by atoms with Gasteiger partial charge in [-0.15, -0.1) is 0 Å². The largest absolute Gasteiger partial charge is 0.481 e. The topological polar surface area (TPSA) is 60.9 Å². The number of carboxylic acid groups (broad SMARTS) is 1. The van der Waals surface area contributed by atoms with Crippen LogP contribution in [0.1, 0.15) is 33.6 Å². The van der Waals surface area contributed by atoms with Gasteiger partial charge in [-0.3, -0.25) is 9.59 Å². The molecule has 0 spiro atoms. The van der Waals surface area contributed by atoms with Crippen LogP contribution in [0.5, 0.6) is 0 Å². The molecule has 5 nitrogen and oxygen atoms in total. The Hall–Kier alpha value is -1.10. The van der Waals surface area contributed by atoms with Gasteiger partial charge in [-0.25, -0.2) is 0 Å². The molecule has 0 rings (SSSR count). The summed E-state index contributed by atoms with van der Waals surface area (Å²) in [4.78, 5) is 26.0. The summed E-state index contributed by atoms with van der Waals surface area (Å²) < 4.78 is 0. The highest BCUT2D eigenvalue weighted by molar-refractivity contribution is 5.76. The Morgan fingerprint density at radius 1 is 1.00 bits per heavy atom. The number of carbonyl (C=O) groups is 2. The normalized spacial score (nSPS) is 10.6. The molecule has 100 valence electrons. The minimum Gasteiger partial charge on any atom is -0.481 e. The van der Waals surface area contributed by atoms with Crippen LogP contribution in [-0.2, 0) is 9.59 Å². The van der Waals surface area contributed by atoms with E-state index in [9.17, 15) is 9.59 Å². The van der Waals surface area contributed by atoms with Gasteiger partial charge in [0.15, 0.2) is 0 Å². The molecule has 0 aliphatic rings. The zero-order valence-electron chi connectivity index (χ0n) is 11.1. The summed E-state index contributed by atoms with van der Waals surface area (Å²) in [6, 6.07) is 0. The zero-order valence-corrected chi connectivity index (χ0v) is 11.1. The molecule has 17 heavy (non-hydrogen) atoms. The minimum atomic E-state index is -0.859. The molecule has 0 aromatic rings. The van der Waals surface area contributed by atoms with Crippen molar-refractivity contribution in [3.8, 4) is 0 Å². The highest BCUT2D eigenvalue weighted by Crippen LogP contribution is 1.98. The van der Waals surface area contributed by atoms with E-state index in [1.807, 2.05) is 0 Å². The van der Waals surface area contributed by atoms with E-state index in [2.05, 4.69) is 18.7 Å². The van der Waals surface area contributed by atoms with Crippen LogP contribution in [0.4, 0.5) is 0 Å². The summed E-state index contributed by atoms with van der Waals surface area (Å²) in [6.45, 7) is 9.57. The standard InChI is InChI=1S/C12H24N2O3/c1-4-11(15)14(8-7-12(16)17)10-9-13(5-2)6-3/h4-10H2,1-3H3,(H,16,17). The molecule has 1 N–H and O–H groups in total. The van der Waals surface area contributed by atoms with Crippen LogP contribution in [0.2, 0.25) is 0 Å². The lowest BCUT2D eigenvalue weighted by atomic mass is 10.3. The maximum absolute atomic E-state index is 11.6. The molecule has 0 saturated heterocycles. The maximum atomic E-state index is 11.6. The third-order valence-corrected chi connectivity index (χ3v) is 2.83. The summed E-state index contributed by atoms with van der Waals surface area (Å²) in [7, 11) is 0. The summed E-state index contributed by atoms with van der Waals surface area (Å²) in [5.41, 5.74) is 0. The van der Waals surface area contributed by atoms with Gasteiger partial charge in [0.1, 0.15) is 0 Å². The van der Waals surface area contributed by atoms with Crippen LogP contribution in [-0.4, -0.2) is 59.5 Å². The Kier molecular flexibility index (Phi) is 8.40. The number of nitrogens with zero attached hydrogens (tertiary/aromatic N) is 2. The van der Waals surface area contributed by atoms with Crippen molar-refractivity contribution < 1.29 is 14.7 Å². The summed E-state index contributed by atoms with van der Waals surface area (Å²) in [6.07, 6.45) is 0.446. The van der Waals surface area contributed by atoms with Crippen LogP contribution in [0.15, 0.2) is 0 Å². The SMILES string of the molecule is CCC(=O)N(CCC(=O)O)CCN(CC)CC. The number of aliphatic carboxylic acids is 1. The first-order valence-corrected chi connectivity index (χ1v) is 6.27. The predicted molar refractivity (Wildman–Crippen MR) is 66.9 cm³/mol. The van der Waals surface area contributed by atoms with Gasteiger partial charge < -0.3 is 14.9 Å². The van der Waals surface area contributed by atoms with Gasteiger partial charge in [-0.2, -0.15) is 0 Å². The van der Waals surface area contributed by atoms with E-state index in [0.29, 0.717) is 19.5 Å². The number of hydrogen-bond donors (Lipinski definition) is 1. The first-order valence-electron chi connectivity index (χ1n) is 6.27. The van der Waals surface area contributed by atoms with E-state index in [1.165, 1.54) is 0 Å². The number of carbonyl (C=O) groups excluding carboxylic acids is 1. The molecule has 0 aromatic heterocycles. The third kappa shape index (κ3) is 6.94. The lowest BCUT2D eigenvalue weighted by Crippen LogP contribution is -2.39. The number of hydrogen-bond acceptors (Lipinski definition) is 3. The van der Waals surface area contributed by atoms with Crippen LogP contribution in [0, 0.1) is 0 Å². The van der Waals surface area contributed by atoms with Gasteiger partial charge in [0.05, 0.1) is 6.42 Å². The van der Waals surface area contributed by atoms with Gasteiger partial charge in [-0.1, -0.05) is 20.8 Å². The fraction of sp³-hybridized carbons (Fsp3) is 0.833. The molecule has 0 atom stereocenters. The van der Waals surface area contributed by atoms with Crippen molar-refractivity contribution in [2.75, 3.05) is 32.7 Å². The van der Waals surface area contributed by atoms with Gasteiger partial charge in [0.2, 0.25) is 5.91 Å². The molecule has 0 fully saturated rings. The van der Waals surface area contributed by atoms with Crippen LogP contribution in [0.3, 0.4) is 0 Å². The van der Waals surface area contributed by atoms with E-state index in [0.717, 1.165) is 19.6 Å². The highest BCUT2D eigenvalue weighted by Gasteiger charge is 2.13. The van der Waals surface area contributed by atoms with Gasteiger partial charge in [0.25, 0.3) is 0 Å². The van der Waals surface area contributed by atoms with Crippen LogP contribution >= 0.6 is 0 Å². The molecule has 0 bridgehead atoms. The third-order valence-electron chi connectivity index (χ3n) is 2.83. The Balaban J connectivity index is 4.18. The molecular weight excluding hydrogens is 220 g/mol. The second-order valence-electron chi connectivity index (χ2n) is 3.90. The van der Waals surface area contributed by atoms with E-state index < -0.39 is 5.97 Å². The number of rotatable bonds is 9. The van der Waals surface area contributed by atoms with Crippen molar-refractivity contribution in [3.05, 3.63) is 0 Å². The average Bonchev–Trinajstić information content (AvgIpc) is 2.32. The van der Waals surface area contributed by atoms with E-state index in [-0.39, 0.29) is 12.3 Å². The smallest absolute Gasteiger partial charge is 0.305 e.